The van der Waals surface area contributed by atoms with E-state index in [2.05, 4.69) is 10.0 Å². The first-order valence-corrected chi connectivity index (χ1v) is 9.95. The molecule has 1 rings (SSSR count). The number of sulfonamides is 1. The molecule has 0 aliphatic carbocycles. The van der Waals surface area contributed by atoms with Crippen LogP contribution < -0.4 is 10.0 Å². The largest absolute Gasteiger partial charge is 0.464 e. The van der Waals surface area contributed by atoms with Crippen molar-refractivity contribution in [3.8, 4) is 0 Å². The molecule has 0 fully saturated rings. The zero-order valence-electron chi connectivity index (χ0n) is 13.4. The van der Waals surface area contributed by atoms with E-state index in [0.717, 1.165) is 5.75 Å². The summed E-state index contributed by atoms with van der Waals surface area (Å²) < 4.78 is 32.8. The van der Waals surface area contributed by atoms with Crippen LogP contribution in [0.2, 0.25) is 0 Å². The van der Waals surface area contributed by atoms with E-state index in [9.17, 15) is 8.42 Å². The van der Waals surface area contributed by atoms with Crippen molar-refractivity contribution in [2.45, 2.75) is 45.2 Å². The van der Waals surface area contributed by atoms with Crippen LogP contribution >= 0.6 is 11.8 Å². The third-order valence-electron chi connectivity index (χ3n) is 2.97. The van der Waals surface area contributed by atoms with E-state index in [1.54, 1.807) is 24.8 Å². The van der Waals surface area contributed by atoms with Crippen molar-refractivity contribution in [2.75, 3.05) is 18.6 Å². The Morgan fingerprint density at radius 1 is 1.33 bits per heavy atom. The van der Waals surface area contributed by atoms with Crippen LogP contribution in [0, 0.1) is 12.8 Å². The maximum atomic E-state index is 12.3. The van der Waals surface area contributed by atoms with E-state index in [4.69, 9.17) is 4.42 Å². The Morgan fingerprint density at radius 2 is 2.00 bits per heavy atom. The highest BCUT2D eigenvalue weighted by Crippen LogP contribution is 2.20. The molecular formula is C14H26N2O3S2. The van der Waals surface area contributed by atoms with Gasteiger partial charge in [0.25, 0.3) is 0 Å². The second-order valence-electron chi connectivity index (χ2n) is 5.58. The molecule has 21 heavy (non-hydrogen) atoms. The van der Waals surface area contributed by atoms with Crippen molar-refractivity contribution in [1.82, 2.24) is 10.0 Å². The fourth-order valence-corrected chi connectivity index (χ4v) is 3.91. The maximum absolute atomic E-state index is 12.3. The molecule has 0 aliphatic heterocycles. The molecule has 5 nitrogen and oxygen atoms in total. The third-order valence-corrected chi connectivity index (χ3v) is 5.40. The highest BCUT2D eigenvalue weighted by molar-refractivity contribution is 7.98. The molecule has 7 heteroatoms. The van der Waals surface area contributed by atoms with E-state index >= 15 is 0 Å². The topological polar surface area (TPSA) is 71.3 Å². The number of hydrogen-bond donors (Lipinski definition) is 2. The summed E-state index contributed by atoms with van der Waals surface area (Å²) >= 11 is 1.71. The van der Waals surface area contributed by atoms with Gasteiger partial charge in [-0.1, -0.05) is 20.8 Å². The Bertz CT molecular complexity index is 538. The van der Waals surface area contributed by atoms with E-state index in [1.807, 2.05) is 27.0 Å². The zero-order chi connectivity index (χ0) is 16.0. The molecule has 0 bridgehead atoms. The second-order valence-corrected chi connectivity index (χ2v) is 8.23. The van der Waals surface area contributed by atoms with Crippen molar-refractivity contribution < 1.29 is 12.8 Å². The van der Waals surface area contributed by atoms with Gasteiger partial charge >= 0.3 is 0 Å². The van der Waals surface area contributed by atoms with Crippen LogP contribution in [0.25, 0.3) is 0 Å². The fraction of sp³-hybridized carbons (Fsp3) is 0.714. The quantitative estimate of drug-likeness (QED) is 0.725. The standard InChI is InChI=1S/C14H26N2O3S2/c1-10(2)15-8-13-6-14(12(4)19-13)21(17,18)16-7-11(3)9-20-5/h6,10-11,15-16H,7-9H2,1-5H3. The van der Waals surface area contributed by atoms with Gasteiger partial charge in [0, 0.05) is 18.7 Å². The number of thioether (sulfide) groups is 1. The Morgan fingerprint density at radius 3 is 2.57 bits per heavy atom. The van der Waals surface area contributed by atoms with Gasteiger partial charge in [0.1, 0.15) is 16.4 Å². The summed E-state index contributed by atoms with van der Waals surface area (Å²) in [7, 11) is -3.50. The molecule has 0 saturated carbocycles. The number of furan rings is 1. The first kappa shape index (κ1) is 18.5. The van der Waals surface area contributed by atoms with Gasteiger partial charge < -0.3 is 9.73 Å². The van der Waals surface area contributed by atoms with E-state index in [-0.39, 0.29) is 4.90 Å². The SMILES string of the molecule is CSCC(C)CNS(=O)(=O)c1cc(CNC(C)C)oc1C. The molecule has 0 radical (unpaired) electrons. The number of hydrogen-bond acceptors (Lipinski definition) is 5. The van der Waals surface area contributed by atoms with Gasteiger partial charge in [-0.05, 0) is 24.9 Å². The lowest BCUT2D eigenvalue weighted by molar-refractivity contribution is 0.444. The molecule has 0 spiro atoms. The molecule has 2 N–H and O–H groups in total. The highest BCUT2D eigenvalue weighted by Gasteiger charge is 2.21. The number of aryl methyl sites for hydroxylation is 1. The summed E-state index contributed by atoms with van der Waals surface area (Å²) in [6.07, 6.45) is 2.01. The van der Waals surface area contributed by atoms with Gasteiger partial charge in [-0.25, -0.2) is 13.1 Å². The van der Waals surface area contributed by atoms with Gasteiger partial charge in [0.15, 0.2) is 0 Å². The van der Waals surface area contributed by atoms with Gasteiger partial charge in [-0.2, -0.15) is 11.8 Å². The van der Waals surface area contributed by atoms with Crippen molar-refractivity contribution >= 4 is 21.8 Å². The number of rotatable bonds is 9. The van der Waals surface area contributed by atoms with Gasteiger partial charge in [-0.15, -0.1) is 0 Å². The lowest BCUT2D eigenvalue weighted by Gasteiger charge is -2.11. The van der Waals surface area contributed by atoms with Crippen LogP contribution in [-0.2, 0) is 16.6 Å². The summed E-state index contributed by atoms with van der Waals surface area (Å²) in [5.41, 5.74) is 0. The van der Waals surface area contributed by atoms with E-state index in [0.29, 0.717) is 36.6 Å². The van der Waals surface area contributed by atoms with Crippen LogP contribution in [0.5, 0.6) is 0 Å². The van der Waals surface area contributed by atoms with Gasteiger partial charge in [-0.3, -0.25) is 0 Å². The predicted molar refractivity (Wildman–Crippen MR) is 88.2 cm³/mol. The van der Waals surface area contributed by atoms with Crippen LogP contribution in [0.1, 0.15) is 32.3 Å². The smallest absolute Gasteiger partial charge is 0.244 e. The van der Waals surface area contributed by atoms with Crippen LogP contribution in [-0.4, -0.2) is 33.0 Å². The first-order chi connectivity index (χ1) is 9.76. The lowest BCUT2D eigenvalue weighted by Crippen LogP contribution is -2.29. The maximum Gasteiger partial charge on any atom is 0.244 e. The van der Waals surface area contributed by atoms with Crippen LogP contribution in [0.4, 0.5) is 0 Å². The summed E-state index contributed by atoms with van der Waals surface area (Å²) in [5.74, 6) is 2.29. The van der Waals surface area contributed by atoms with Crippen LogP contribution in [0.15, 0.2) is 15.4 Å². The summed E-state index contributed by atoms with van der Waals surface area (Å²) in [6, 6.07) is 1.92. The van der Waals surface area contributed by atoms with Crippen molar-refractivity contribution in [3.05, 3.63) is 17.6 Å². The molecule has 1 aromatic rings. The molecule has 122 valence electrons. The Balaban J connectivity index is 2.74. The molecule has 0 aliphatic rings. The molecule has 1 aromatic heterocycles. The monoisotopic (exact) mass is 334 g/mol. The molecule has 0 aromatic carbocycles. The van der Waals surface area contributed by atoms with Gasteiger partial charge in [0.05, 0.1) is 6.54 Å². The van der Waals surface area contributed by atoms with Crippen molar-refractivity contribution in [1.29, 1.82) is 0 Å². The molecule has 1 heterocycles. The van der Waals surface area contributed by atoms with Crippen LogP contribution in [0.3, 0.4) is 0 Å². The zero-order valence-corrected chi connectivity index (χ0v) is 15.0. The van der Waals surface area contributed by atoms with Gasteiger partial charge in [0.2, 0.25) is 10.0 Å². The average molecular weight is 335 g/mol. The predicted octanol–water partition coefficient (Wildman–Crippen LogP) is 2.36. The number of nitrogens with one attached hydrogen (secondary N) is 2. The minimum absolute atomic E-state index is 0.236. The molecule has 0 saturated heterocycles. The highest BCUT2D eigenvalue weighted by atomic mass is 32.2. The fourth-order valence-electron chi connectivity index (χ4n) is 1.86. The van der Waals surface area contributed by atoms with Crippen molar-refractivity contribution in [3.63, 3.8) is 0 Å². The Labute approximate surface area is 132 Å². The normalized spacial score (nSPS) is 13.8. The second kappa shape index (κ2) is 8.22. The van der Waals surface area contributed by atoms with Crippen molar-refractivity contribution in [2.24, 2.45) is 5.92 Å². The molecule has 1 atom stereocenters. The lowest BCUT2D eigenvalue weighted by atomic mass is 10.2. The van der Waals surface area contributed by atoms with E-state index < -0.39 is 10.0 Å². The minimum atomic E-state index is -3.50. The summed E-state index contributed by atoms with van der Waals surface area (Å²) in [4.78, 5) is 0.236. The first-order valence-electron chi connectivity index (χ1n) is 7.07. The summed E-state index contributed by atoms with van der Waals surface area (Å²) in [6.45, 7) is 8.73. The molecule has 0 amide bonds. The Kier molecular flexibility index (Phi) is 7.26. The summed E-state index contributed by atoms with van der Waals surface area (Å²) in [5, 5.41) is 3.21. The minimum Gasteiger partial charge on any atom is -0.464 e. The van der Waals surface area contributed by atoms with E-state index in [1.165, 1.54) is 0 Å². The molecular weight excluding hydrogens is 308 g/mol. The average Bonchev–Trinajstić information content (AvgIpc) is 2.77. The Hall–Kier alpha value is -0.500. The molecule has 1 unspecified atom stereocenters. The third kappa shape index (κ3) is 6.02.